The van der Waals surface area contributed by atoms with Crippen molar-refractivity contribution in [1.82, 2.24) is 4.90 Å². The lowest BCUT2D eigenvalue weighted by atomic mass is 10.2. The van der Waals surface area contributed by atoms with Crippen LogP contribution in [0.5, 0.6) is 5.75 Å². The molecule has 4 nitrogen and oxygen atoms in total. The van der Waals surface area contributed by atoms with Gasteiger partial charge in [-0.1, -0.05) is 18.2 Å². The molecule has 0 saturated heterocycles. The van der Waals surface area contributed by atoms with Crippen molar-refractivity contribution in [2.75, 3.05) is 26.8 Å². The molecule has 0 aliphatic rings. The second-order valence-electron chi connectivity index (χ2n) is 4.70. The molecule has 4 heteroatoms. The van der Waals surface area contributed by atoms with Crippen LogP contribution in [0.4, 0.5) is 0 Å². The third-order valence-electron chi connectivity index (χ3n) is 3.04. The van der Waals surface area contributed by atoms with Crippen molar-refractivity contribution in [3.63, 3.8) is 0 Å². The largest absolute Gasteiger partial charge is 0.491 e. The lowest BCUT2D eigenvalue weighted by molar-refractivity contribution is 0.0541. The van der Waals surface area contributed by atoms with Gasteiger partial charge >= 0.3 is 0 Å². The first kappa shape index (κ1) is 15.0. The van der Waals surface area contributed by atoms with Crippen LogP contribution in [-0.2, 0) is 0 Å². The molecule has 102 valence electrons. The first-order valence-corrected chi connectivity index (χ1v) is 6.22. The number of aryl methyl sites for hydroxylation is 1. The molecule has 18 heavy (non-hydrogen) atoms. The van der Waals surface area contributed by atoms with Crippen LogP contribution >= 0.6 is 0 Å². The molecule has 2 atom stereocenters. The summed E-state index contributed by atoms with van der Waals surface area (Å²) in [6.45, 7) is 4.71. The minimum Gasteiger partial charge on any atom is -0.491 e. The van der Waals surface area contributed by atoms with E-state index >= 15 is 0 Å². The number of rotatable bonds is 7. The number of aliphatic hydroxyl groups excluding tert-OH is 2. The van der Waals surface area contributed by atoms with Crippen molar-refractivity contribution in [2.45, 2.75) is 26.0 Å². The fourth-order valence-corrected chi connectivity index (χ4v) is 1.61. The molecule has 0 aliphatic heterocycles. The summed E-state index contributed by atoms with van der Waals surface area (Å²) in [4.78, 5) is 1.91. The van der Waals surface area contributed by atoms with Crippen LogP contribution < -0.4 is 4.74 Å². The molecule has 2 N–H and O–H groups in total. The Labute approximate surface area is 109 Å². The molecule has 1 rings (SSSR count). The maximum atomic E-state index is 9.87. The Hall–Kier alpha value is -1.10. The van der Waals surface area contributed by atoms with Crippen LogP contribution in [-0.4, -0.2) is 54.1 Å². The SMILES string of the molecule is Cc1ccccc1OCC(O)CN(C)C(C)CO. The van der Waals surface area contributed by atoms with E-state index in [4.69, 9.17) is 9.84 Å². The van der Waals surface area contributed by atoms with Gasteiger partial charge in [0.15, 0.2) is 0 Å². The number of hydrogen-bond donors (Lipinski definition) is 2. The molecule has 0 amide bonds. The molecular weight excluding hydrogens is 230 g/mol. The Morgan fingerprint density at radius 2 is 2.00 bits per heavy atom. The summed E-state index contributed by atoms with van der Waals surface area (Å²) in [7, 11) is 1.87. The lowest BCUT2D eigenvalue weighted by Crippen LogP contribution is -2.39. The summed E-state index contributed by atoms with van der Waals surface area (Å²) in [5, 5.41) is 18.9. The van der Waals surface area contributed by atoms with Gasteiger partial charge in [-0.05, 0) is 32.5 Å². The lowest BCUT2D eigenvalue weighted by Gasteiger charge is -2.25. The second-order valence-corrected chi connectivity index (χ2v) is 4.70. The molecule has 0 bridgehead atoms. The summed E-state index contributed by atoms with van der Waals surface area (Å²) in [5.41, 5.74) is 1.06. The number of benzene rings is 1. The highest BCUT2D eigenvalue weighted by atomic mass is 16.5. The van der Waals surface area contributed by atoms with Gasteiger partial charge in [0.05, 0.1) is 6.61 Å². The van der Waals surface area contributed by atoms with Gasteiger partial charge in [0.2, 0.25) is 0 Å². The van der Waals surface area contributed by atoms with Gasteiger partial charge in [0.25, 0.3) is 0 Å². The van der Waals surface area contributed by atoms with E-state index in [1.807, 2.05) is 50.1 Å². The smallest absolute Gasteiger partial charge is 0.122 e. The van der Waals surface area contributed by atoms with E-state index in [9.17, 15) is 5.11 Å². The second kappa shape index (κ2) is 7.36. The van der Waals surface area contributed by atoms with Gasteiger partial charge in [-0.25, -0.2) is 0 Å². The Kier molecular flexibility index (Phi) is 6.12. The van der Waals surface area contributed by atoms with Crippen molar-refractivity contribution < 1.29 is 14.9 Å². The van der Waals surface area contributed by atoms with E-state index in [0.717, 1.165) is 11.3 Å². The average Bonchev–Trinajstić information content (AvgIpc) is 2.36. The van der Waals surface area contributed by atoms with Gasteiger partial charge in [-0.3, -0.25) is 4.90 Å². The highest BCUT2D eigenvalue weighted by Crippen LogP contribution is 2.16. The first-order chi connectivity index (χ1) is 8.54. The molecule has 0 radical (unpaired) electrons. The summed E-state index contributed by atoms with van der Waals surface area (Å²) in [6, 6.07) is 7.77. The zero-order valence-electron chi connectivity index (χ0n) is 11.3. The molecule has 0 saturated carbocycles. The molecule has 0 fully saturated rings. The van der Waals surface area contributed by atoms with E-state index in [1.165, 1.54) is 0 Å². The monoisotopic (exact) mass is 253 g/mol. The molecule has 1 aromatic rings. The quantitative estimate of drug-likeness (QED) is 0.762. The average molecular weight is 253 g/mol. The zero-order chi connectivity index (χ0) is 13.5. The predicted molar refractivity (Wildman–Crippen MR) is 71.9 cm³/mol. The van der Waals surface area contributed by atoms with E-state index in [2.05, 4.69) is 0 Å². The molecule has 0 aromatic heterocycles. The molecule has 0 aliphatic carbocycles. The number of ether oxygens (including phenoxy) is 1. The van der Waals surface area contributed by atoms with Crippen LogP contribution in [0.15, 0.2) is 24.3 Å². The van der Waals surface area contributed by atoms with Gasteiger partial charge in [0, 0.05) is 12.6 Å². The number of hydrogen-bond acceptors (Lipinski definition) is 4. The zero-order valence-corrected chi connectivity index (χ0v) is 11.3. The first-order valence-electron chi connectivity index (χ1n) is 6.22. The van der Waals surface area contributed by atoms with E-state index < -0.39 is 6.10 Å². The van der Waals surface area contributed by atoms with Crippen molar-refractivity contribution in [3.05, 3.63) is 29.8 Å². The van der Waals surface area contributed by atoms with E-state index in [-0.39, 0.29) is 19.3 Å². The van der Waals surface area contributed by atoms with Crippen molar-refractivity contribution in [3.8, 4) is 5.75 Å². The summed E-state index contributed by atoms with van der Waals surface area (Å²) in [6.07, 6.45) is -0.566. The molecule has 2 unspecified atom stereocenters. The van der Waals surface area contributed by atoms with Gasteiger partial charge in [0.1, 0.15) is 18.5 Å². The number of nitrogens with zero attached hydrogens (tertiary/aromatic N) is 1. The van der Waals surface area contributed by atoms with Gasteiger partial charge in [-0.2, -0.15) is 0 Å². The summed E-state index contributed by atoms with van der Waals surface area (Å²) < 4.78 is 5.57. The molecule has 0 spiro atoms. The number of likely N-dealkylation sites (N-methyl/N-ethyl adjacent to an activating group) is 1. The van der Waals surface area contributed by atoms with Gasteiger partial charge in [-0.15, -0.1) is 0 Å². The minimum atomic E-state index is -0.566. The Morgan fingerprint density at radius 1 is 1.33 bits per heavy atom. The minimum absolute atomic E-state index is 0.0399. The standard InChI is InChI=1S/C14H23NO3/c1-11-6-4-5-7-14(11)18-10-13(17)8-15(3)12(2)9-16/h4-7,12-13,16-17H,8-10H2,1-3H3. The van der Waals surface area contributed by atoms with Crippen LogP contribution in [0.25, 0.3) is 0 Å². The Balaban J connectivity index is 2.37. The van der Waals surface area contributed by atoms with E-state index in [1.54, 1.807) is 0 Å². The van der Waals surface area contributed by atoms with Crippen molar-refractivity contribution in [1.29, 1.82) is 0 Å². The van der Waals surface area contributed by atoms with Gasteiger partial charge < -0.3 is 14.9 Å². The number of aliphatic hydroxyl groups is 2. The normalized spacial score (nSPS) is 14.6. The third kappa shape index (κ3) is 4.64. The fraction of sp³-hybridized carbons (Fsp3) is 0.571. The maximum absolute atomic E-state index is 9.87. The topological polar surface area (TPSA) is 52.9 Å². The van der Waals surface area contributed by atoms with Crippen molar-refractivity contribution >= 4 is 0 Å². The Bertz CT molecular complexity index is 357. The highest BCUT2D eigenvalue weighted by Gasteiger charge is 2.13. The molecule has 1 aromatic carbocycles. The predicted octanol–water partition coefficient (Wildman–Crippen LogP) is 1.05. The maximum Gasteiger partial charge on any atom is 0.122 e. The fourth-order valence-electron chi connectivity index (χ4n) is 1.61. The third-order valence-corrected chi connectivity index (χ3v) is 3.04. The summed E-state index contributed by atoms with van der Waals surface area (Å²) >= 11 is 0. The summed E-state index contributed by atoms with van der Waals surface area (Å²) in [5.74, 6) is 0.800. The Morgan fingerprint density at radius 3 is 2.61 bits per heavy atom. The van der Waals surface area contributed by atoms with Crippen molar-refractivity contribution in [2.24, 2.45) is 0 Å². The van der Waals surface area contributed by atoms with Crippen LogP contribution in [0, 0.1) is 6.92 Å². The van der Waals surface area contributed by atoms with Crippen LogP contribution in [0.2, 0.25) is 0 Å². The number of para-hydroxylation sites is 1. The highest BCUT2D eigenvalue weighted by molar-refractivity contribution is 5.31. The van der Waals surface area contributed by atoms with Crippen LogP contribution in [0.3, 0.4) is 0 Å². The molecular formula is C14H23NO3. The van der Waals surface area contributed by atoms with E-state index in [0.29, 0.717) is 6.54 Å². The van der Waals surface area contributed by atoms with Crippen LogP contribution in [0.1, 0.15) is 12.5 Å². The molecule has 0 heterocycles.